The number of para-hydroxylation sites is 1. The van der Waals surface area contributed by atoms with Gasteiger partial charge in [-0.2, -0.15) is 0 Å². The van der Waals surface area contributed by atoms with Crippen LogP contribution >= 0.6 is 0 Å². The van der Waals surface area contributed by atoms with Crippen LogP contribution < -0.4 is 4.90 Å². The summed E-state index contributed by atoms with van der Waals surface area (Å²) in [5, 5.41) is 0. The minimum atomic E-state index is -0.426. The summed E-state index contributed by atoms with van der Waals surface area (Å²) in [6, 6.07) is 17.5. The number of piperazine rings is 1. The van der Waals surface area contributed by atoms with Crippen LogP contribution in [0.4, 0.5) is 5.69 Å². The van der Waals surface area contributed by atoms with E-state index in [1.807, 2.05) is 54.6 Å². The molecule has 0 radical (unpaired) electrons. The Bertz CT molecular complexity index is 727. The Morgan fingerprint density at radius 1 is 1.00 bits per heavy atom. The van der Waals surface area contributed by atoms with Gasteiger partial charge in [-0.25, -0.2) is 0 Å². The van der Waals surface area contributed by atoms with Crippen molar-refractivity contribution in [1.29, 1.82) is 0 Å². The summed E-state index contributed by atoms with van der Waals surface area (Å²) in [4.78, 5) is 27.8. The van der Waals surface area contributed by atoms with Crippen LogP contribution in [0.2, 0.25) is 0 Å². The van der Waals surface area contributed by atoms with Crippen LogP contribution in [0.1, 0.15) is 13.8 Å². The molecule has 1 atom stereocenters. The molecule has 4 nitrogen and oxygen atoms in total. The van der Waals surface area contributed by atoms with Crippen molar-refractivity contribution in [3.05, 3.63) is 54.6 Å². The first-order chi connectivity index (χ1) is 11.1. The number of rotatable bonds is 2. The second kappa shape index (κ2) is 6.24. The van der Waals surface area contributed by atoms with Crippen LogP contribution in [-0.2, 0) is 9.59 Å². The predicted molar refractivity (Wildman–Crippen MR) is 91.1 cm³/mol. The van der Waals surface area contributed by atoms with E-state index in [-0.39, 0.29) is 11.8 Å². The summed E-state index contributed by atoms with van der Waals surface area (Å²) >= 11 is 0. The molecule has 3 rings (SSSR count). The monoisotopic (exact) mass is 308 g/mol. The van der Waals surface area contributed by atoms with E-state index in [2.05, 4.69) is 0 Å². The van der Waals surface area contributed by atoms with Crippen molar-refractivity contribution in [3.8, 4) is 11.1 Å². The summed E-state index contributed by atoms with van der Waals surface area (Å²) in [7, 11) is 0. The summed E-state index contributed by atoms with van der Waals surface area (Å²) in [6.07, 6.45) is 0. The Morgan fingerprint density at radius 2 is 1.65 bits per heavy atom. The fourth-order valence-corrected chi connectivity index (χ4v) is 3.11. The standard InChI is InChI=1S/C19H20N2O2/c1-14-19(23)21(13-12-20(14)15(2)22)18-11-7-6-10-17(18)16-8-4-3-5-9-16/h3-11,14H,12-13H2,1-2H3. The Morgan fingerprint density at radius 3 is 2.35 bits per heavy atom. The van der Waals surface area contributed by atoms with Crippen LogP contribution in [0.3, 0.4) is 0 Å². The molecule has 118 valence electrons. The predicted octanol–water partition coefficient (Wildman–Crippen LogP) is 2.94. The van der Waals surface area contributed by atoms with Gasteiger partial charge >= 0.3 is 0 Å². The average Bonchev–Trinajstić information content (AvgIpc) is 2.58. The van der Waals surface area contributed by atoms with Crippen molar-refractivity contribution in [2.24, 2.45) is 0 Å². The molecule has 1 fully saturated rings. The van der Waals surface area contributed by atoms with Crippen LogP contribution in [0.25, 0.3) is 11.1 Å². The first-order valence-electron chi connectivity index (χ1n) is 7.82. The minimum absolute atomic E-state index is 0.0326. The third kappa shape index (κ3) is 2.84. The van der Waals surface area contributed by atoms with E-state index in [4.69, 9.17) is 0 Å². The zero-order valence-corrected chi connectivity index (χ0v) is 13.4. The molecular formula is C19H20N2O2. The highest BCUT2D eigenvalue weighted by atomic mass is 16.2. The Balaban J connectivity index is 1.97. The third-order valence-corrected chi connectivity index (χ3v) is 4.34. The number of hydrogen-bond acceptors (Lipinski definition) is 2. The lowest BCUT2D eigenvalue weighted by Crippen LogP contribution is -2.57. The maximum atomic E-state index is 12.8. The Hall–Kier alpha value is -2.62. The van der Waals surface area contributed by atoms with E-state index in [0.717, 1.165) is 16.8 Å². The van der Waals surface area contributed by atoms with Crippen LogP contribution in [-0.4, -0.2) is 35.8 Å². The molecule has 1 heterocycles. The van der Waals surface area contributed by atoms with E-state index in [0.29, 0.717) is 13.1 Å². The Kier molecular flexibility index (Phi) is 4.15. The van der Waals surface area contributed by atoms with E-state index >= 15 is 0 Å². The van der Waals surface area contributed by atoms with Crippen molar-refractivity contribution >= 4 is 17.5 Å². The van der Waals surface area contributed by atoms with Crippen molar-refractivity contribution in [1.82, 2.24) is 4.90 Å². The molecule has 1 aliphatic rings. The number of carbonyl (C=O) groups excluding carboxylic acids is 2. The molecule has 23 heavy (non-hydrogen) atoms. The molecule has 1 unspecified atom stereocenters. The van der Waals surface area contributed by atoms with E-state index in [1.165, 1.54) is 6.92 Å². The third-order valence-electron chi connectivity index (χ3n) is 4.34. The van der Waals surface area contributed by atoms with Crippen LogP contribution in [0, 0.1) is 0 Å². The van der Waals surface area contributed by atoms with Crippen molar-refractivity contribution < 1.29 is 9.59 Å². The van der Waals surface area contributed by atoms with Gasteiger partial charge in [0.1, 0.15) is 6.04 Å². The van der Waals surface area contributed by atoms with E-state index < -0.39 is 6.04 Å². The second-order valence-electron chi connectivity index (χ2n) is 5.76. The lowest BCUT2D eigenvalue weighted by molar-refractivity contribution is -0.139. The first-order valence-corrected chi connectivity index (χ1v) is 7.82. The Labute approximate surface area is 136 Å². The number of carbonyl (C=O) groups is 2. The fraction of sp³-hybridized carbons (Fsp3) is 0.263. The normalized spacial score (nSPS) is 18.2. The lowest BCUT2D eigenvalue weighted by Gasteiger charge is -2.39. The SMILES string of the molecule is CC(=O)N1CCN(c2ccccc2-c2ccccc2)C(=O)C1C. The van der Waals surface area contributed by atoms with Gasteiger partial charge in [0, 0.05) is 25.6 Å². The molecule has 1 saturated heterocycles. The van der Waals surface area contributed by atoms with Gasteiger partial charge in [-0.15, -0.1) is 0 Å². The highest BCUT2D eigenvalue weighted by molar-refractivity contribution is 6.02. The van der Waals surface area contributed by atoms with E-state index in [1.54, 1.807) is 16.7 Å². The molecular weight excluding hydrogens is 288 g/mol. The zero-order valence-electron chi connectivity index (χ0n) is 13.4. The van der Waals surface area contributed by atoms with Crippen LogP contribution in [0.15, 0.2) is 54.6 Å². The van der Waals surface area contributed by atoms with Gasteiger partial charge in [0.2, 0.25) is 11.8 Å². The quantitative estimate of drug-likeness (QED) is 0.856. The first kappa shape index (κ1) is 15.3. The molecule has 2 amide bonds. The number of hydrogen-bond donors (Lipinski definition) is 0. The topological polar surface area (TPSA) is 40.6 Å². The molecule has 0 aliphatic carbocycles. The van der Waals surface area contributed by atoms with Gasteiger partial charge in [0.05, 0.1) is 5.69 Å². The smallest absolute Gasteiger partial charge is 0.249 e. The summed E-state index contributed by atoms with van der Waals surface area (Å²) < 4.78 is 0. The molecule has 0 bridgehead atoms. The molecule has 2 aromatic rings. The minimum Gasteiger partial charge on any atom is -0.329 e. The van der Waals surface area contributed by atoms with Gasteiger partial charge in [-0.1, -0.05) is 48.5 Å². The van der Waals surface area contributed by atoms with Crippen molar-refractivity contribution in [2.75, 3.05) is 18.0 Å². The summed E-state index contributed by atoms with van der Waals surface area (Å²) in [5.74, 6) is -0.0864. The maximum absolute atomic E-state index is 12.8. The number of benzene rings is 2. The fourth-order valence-electron chi connectivity index (χ4n) is 3.11. The molecule has 0 N–H and O–H groups in total. The van der Waals surface area contributed by atoms with Gasteiger partial charge in [-0.05, 0) is 18.6 Å². The van der Waals surface area contributed by atoms with E-state index in [9.17, 15) is 9.59 Å². The zero-order chi connectivity index (χ0) is 16.4. The maximum Gasteiger partial charge on any atom is 0.249 e. The highest BCUT2D eigenvalue weighted by Gasteiger charge is 2.34. The van der Waals surface area contributed by atoms with Gasteiger partial charge in [0.15, 0.2) is 0 Å². The molecule has 0 saturated carbocycles. The summed E-state index contributed by atoms with van der Waals surface area (Å²) in [5.41, 5.74) is 3.02. The van der Waals surface area contributed by atoms with Crippen molar-refractivity contribution in [2.45, 2.75) is 19.9 Å². The lowest BCUT2D eigenvalue weighted by atomic mass is 10.0. The molecule has 1 aliphatic heterocycles. The largest absolute Gasteiger partial charge is 0.329 e. The van der Waals surface area contributed by atoms with Gasteiger partial charge in [0.25, 0.3) is 0 Å². The molecule has 0 aromatic heterocycles. The molecule has 0 spiro atoms. The summed E-state index contributed by atoms with van der Waals surface area (Å²) in [6.45, 7) is 4.39. The average molecular weight is 308 g/mol. The number of nitrogens with zero attached hydrogens (tertiary/aromatic N) is 2. The molecule has 4 heteroatoms. The van der Waals surface area contributed by atoms with Gasteiger partial charge in [-0.3, -0.25) is 9.59 Å². The number of anilines is 1. The molecule has 2 aromatic carbocycles. The second-order valence-corrected chi connectivity index (χ2v) is 5.76. The highest BCUT2D eigenvalue weighted by Crippen LogP contribution is 2.32. The number of amides is 2. The van der Waals surface area contributed by atoms with Gasteiger partial charge < -0.3 is 9.80 Å². The van der Waals surface area contributed by atoms with Crippen molar-refractivity contribution in [3.63, 3.8) is 0 Å². The van der Waals surface area contributed by atoms with Crippen LogP contribution in [0.5, 0.6) is 0 Å².